The summed E-state index contributed by atoms with van der Waals surface area (Å²) in [6.07, 6.45) is 8.53. The molecule has 0 radical (unpaired) electrons. The summed E-state index contributed by atoms with van der Waals surface area (Å²) < 4.78 is 1.23. The highest BCUT2D eigenvalue weighted by Gasteiger charge is 2.19. The van der Waals surface area contributed by atoms with Gasteiger partial charge in [0, 0.05) is 4.43 Å². The largest absolute Gasteiger partial charge is 0.0816 e. The van der Waals surface area contributed by atoms with Crippen LogP contribution in [-0.2, 0) is 0 Å². The lowest BCUT2D eigenvalue weighted by atomic mass is 10.00. The summed E-state index contributed by atoms with van der Waals surface area (Å²) in [5.74, 6) is 1.02. The predicted octanol–water partition coefficient (Wildman–Crippen LogP) is 4.73. The van der Waals surface area contributed by atoms with E-state index in [1.165, 1.54) is 43.0 Å². The summed E-state index contributed by atoms with van der Waals surface area (Å²) >= 11 is 2.48. The minimum Gasteiger partial charge on any atom is -0.0816 e. The number of hydrogen-bond acceptors (Lipinski definition) is 0. The fraction of sp³-hybridized carbons (Fsp3) is 0.833. The SMILES string of the molecule is CCCCC1CC/C(=C(/C)CI)C1. The molecule has 0 aromatic rings. The van der Waals surface area contributed by atoms with E-state index in [0.717, 1.165) is 5.92 Å². The van der Waals surface area contributed by atoms with Crippen molar-refractivity contribution >= 4 is 22.6 Å². The Bertz CT molecular complexity index is 182. The Morgan fingerprint density at radius 2 is 2.31 bits per heavy atom. The summed E-state index contributed by atoms with van der Waals surface area (Å²) in [7, 11) is 0. The Kier molecular flexibility index (Phi) is 5.37. The van der Waals surface area contributed by atoms with Gasteiger partial charge in [0.25, 0.3) is 0 Å². The number of alkyl halides is 1. The van der Waals surface area contributed by atoms with Crippen LogP contribution in [0.3, 0.4) is 0 Å². The van der Waals surface area contributed by atoms with E-state index < -0.39 is 0 Å². The fourth-order valence-electron chi connectivity index (χ4n) is 2.15. The lowest BCUT2D eigenvalue weighted by molar-refractivity contribution is 0.486. The van der Waals surface area contributed by atoms with Gasteiger partial charge in [0.2, 0.25) is 0 Å². The third-order valence-corrected chi connectivity index (χ3v) is 4.30. The number of halogens is 1. The molecule has 1 aliphatic carbocycles. The third kappa shape index (κ3) is 3.61. The maximum absolute atomic E-state index is 2.48. The molecular weight excluding hydrogens is 271 g/mol. The number of hydrogen-bond donors (Lipinski definition) is 0. The van der Waals surface area contributed by atoms with E-state index in [-0.39, 0.29) is 0 Å². The van der Waals surface area contributed by atoms with Gasteiger partial charge >= 0.3 is 0 Å². The van der Waals surface area contributed by atoms with Crippen molar-refractivity contribution in [2.45, 2.75) is 52.4 Å². The maximum atomic E-state index is 2.48. The van der Waals surface area contributed by atoms with Crippen molar-refractivity contribution in [2.75, 3.05) is 4.43 Å². The highest BCUT2D eigenvalue weighted by Crippen LogP contribution is 2.35. The molecule has 1 rings (SSSR count). The minimum absolute atomic E-state index is 1.02. The molecule has 0 nitrogen and oxygen atoms in total. The molecule has 0 saturated heterocycles. The van der Waals surface area contributed by atoms with Gasteiger partial charge in [-0.3, -0.25) is 0 Å². The molecule has 0 aromatic heterocycles. The van der Waals surface area contributed by atoms with Gasteiger partial charge in [-0.2, -0.15) is 0 Å². The van der Waals surface area contributed by atoms with Gasteiger partial charge in [-0.15, -0.1) is 0 Å². The van der Waals surface area contributed by atoms with Crippen molar-refractivity contribution in [3.63, 3.8) is 0 Å². The molecule has 0 N–H and O–H groups in total. The van der Waals surface area contributed by atoms with Crippen LogP contribution in [0.25, 0.3) is 0 Å². The smallest absolute Gasteiger partial charge is 0.0205 e. The van der Waals surface area contributed by atoms with Gasteiger partial charge < -0.3 is 0 Å². The zero-order chi connectivity index (χ0) is 9.68. The average Bonchev–Trinajstić information content (AvgIpc) is 2.62. The summed E-state index contributed by atoms with van der Waals surface area (Å²) in [6.45, 7) is 4.60. The molecule has 1 fully saturated rings. The topological polar surface area (TPSA) is 0 Å². The highest BCUT2D eigenvalue weighted by atomic mass is 127. The first-order chi connectivity index (χ1) is 6.27. The van der Waals surface area contributed by atoms with Crippen LogP contribution in [-0.4, -0.2) is 4.43 Å². The molecular formula is C12H21I. The van der Waals surface area contributed by atoms with Crippen LogP contribution < -0.4 is 0 Å². The summed E-state index contributed by atoms with van der Waals surface area (Å²) in [6, 6.07) is 0. The molecule has 1 aliphatic rings. The molecule has 1 heteroatoms. The van der Waals surface area contributed by atoms with E-state index in [4.69, 9.17) is 0 Å². The van der Waals surface area contributed by atoms with Crippen LogP contribution in [0.2, 0.25) is 0 Å². The Morgan fingerprint density at radius 1 is 1.54 bits per heavy atom. The van der Waals surface area contributed by atoms with Gasteiger partial charge in [-0.25, -0.2) is 0 Å². The van der Waals surface area contributed by atoms with E-state index in [0.29, 0.717) is 0 Å². The molecule has 0 spiro atoms. The second-order valence-electron chi connectivity index (χ2n) is 4.27. The molecule has 0 heterocycles. The lowest BCUT2D eigenvalue weighted by Crippen LogP contribution is -1.92. The Hall–Kier alpha value is 0.470. The van der Waals surface area contributed by atoms with Crippen molar-refractivity contribution in [3.05, 3.63) is 11.1 Å². The second-order valence-corrected chi connectivity index (χ2v) is 5.03. The van der Waals surface area contributed by atoms with E-state index >= 15 is 0 Å². The second kappa shape index (κ2) is 6.05. The Labute approximate surface area is 96.3 Å². The molecule has 1 atom stereocenters. The van der Waals surface area contributed by atoms with Crippen LogP contribution in [0.5, 0.6) is 0 Å². The first-order valence-corrected chi connectivity index (χ1v) is 7.04. The molecule has 0 amide bonds. The Morgan fingerprint density at radius 3 is 2.92 bits per heavy atom. The van der Waals surface area contributed by atoms with Crippen LogP contribution in [0.4, 0.5) is 0 Å². The number of unbranched alkanes of at least 4 members (excludes halogenated alkanes) is 1. The first kappa shape index (κ1) is 11.5. The van der Waals surface area contributed by atoms with Crippen LogP contribution in [0.1, 0.15) is 52.4 Å². The van der Waals surface area contributed by atoms with Gasteiger partial charge in [0.05, 0.1) is 0 Å². The highest BCUT2D eigenvalue weighted by molar-refractivity contribution is 14.1. The van der Waals surface area contributed by atoms with Crippen LogP contribution in [0.15, 0.2) is 11.1 Å². The summed E-state index contributed by atoms with van der Waals surface area (Å²) in [5.41, 5.74) is 3.43. The lowest BCUT2D eigenvalue weighted by Gasteiger charge is -2.07. The van der Waals surface area contributed by atoms with Crippen LogP contribution in [0, 0.1) is 5.92 Å². The van der Waals surface area contributed by atoms with Crippen molar-refractivity contribution in [3.8, 4) is 0 Å². The van der Waals surface area contributed by atoms with E-state index in [1.807, 2.05) is 0 Å². The third-order valence-electron chi connectivity index (χ3n) is 3.16. The van der Waals surface area contributed by atoms with Gasteiger partial charge in [-0.1, -0.05) is 59.9 Å². The van der Waals surface area contributed by atoms with Crippen LogP contribution >= 0.6 is 22.6 Å². The van der Waals surface area contributed by atoms with E-state index in [1.54, 1.807) is 11.1 Å². The quantitative estimate of drug-likeness (QED) is 0.399. The van der Waals surface area contributed by atoms with E-state index in [9.17, 15) is 0 Å². The fourth-order valence-corrected chi connectivity index (χ4v) is 2.69. The molecule has 76 valence electrons. The average molecular weight is 292 g/mol. The zero-order valence-corrected chi connectivity index (χ0v) is 11.1. The minimum atomic E-state index is 1.02. The number of rotatable bonds is 4. The monoisotopic (exact) mass is 292 g/mol. The van der Waals surface area contributed by atoms with E-state index in [2.05, 4.69) is 36.4 Å². The molecule has 1 unspecified atom stereocenters. The Balaban J connectivity index is 2.36. The van der Waals surface area contributed by atoms with Crippen molar-refractivity contribution in [2.24, 2.45) is 5.92 Å². The molecule has 0 aromatic carbocycles. The normalized spacial score (nSPS) is 26.5. The van der Waals surface area contributed by atoms with Gasteiger partial charge in [-0.05, 0) is 32.1 Å². The zero-order valence-electron chi connectivity index (χ0n) is 8.91. The summed E-state index contributed by atoms with van der Waals surface area (Å²) in [4.78, 5) is 0. The van der Waals surface area contributed by atoms with Crippen molar-refractivity contribution in [1.82, 2.24) is 0 Å². The molecule has 13 heavy (non-hydrogen) atoms. The summed E-state index contributed by atoms with van der Waals surface area (Å²) in [5, 5.41) is 0. The van der Waals surface area contributed by atoms with Crippen molar-refractivity contribution < 1.29 is 0 Å². The molecule has 0 bridgehead atoms. The van der Waals surface area contributed by atoms with Crippen molar-refractivity contribution in [1.29, 1.82) is 0 Å². The number of allylic oxidation sites excluding steroid dienone is 2. The van der Waals surface area contributed by atoms with Gasteiger partial charge in [0.1, 0.15) is 0 Å². The first-order valence-electron chi connectivity index (χ1n) is 5.51. The standard InChI is InChI=1S/C12H21I/c1-3-4-5-11-6-7-12(8-11)10(2)9-13/h11H,3-9H2,1-2H3/b12-10+. The molecule has 1 saturated carbocycles. The maximum Gasteiger partial charge on any atom is 0.0205 e. The molecule has 0 aliphatic heterocycles. The van der Waals surface area contributed by atoms with Gasteiger partial charge in [0.15, 0.2) is 0 Å². The predicted molar refractivity (Wildman–Crippen MR) is 68.5 cm³/mol.